The first kappa shape index (κ1) is 70.1. The number of ether oxygens (including phenoxy) is 4. The van der Waals surface area contributed by atoms with Crippen molar-refractivity contribution in [3.05, 3.63) is 0 Å². The molecule has 0 bridgehead atoms. The Morgan fingerprint density at radius 1 is 0.427 bits per heavy atom. The zero-order chi connectivity index (χ0) is 54.6. The van der Waals surface area contributed by atoms with Crippen LogP contribution in [0, 0.1) is 0 Å². The number of carbonyl (C=O) groups is 1. The van der Waals surface area contributed by atoms with Gasteiger partial charge in [0.2, 0.25) is 5.91 Å². The molecule has 2 heterocycles. The number of carbonyl (C=O) groups excluding carboxylic acids is 1. The van der Waals surface area contributed by atoms with Crippen molar-refractivity contribution in [2.75, 3.05) is 19.8 Å². The number of aliphatic hydroxyl groups is 8. The Hall–Kier alpha value is -1.01. The van der Waals surface area contributed by atoms with Gasteiger partial charge in [0.05, 0.1) is 32.0 Å². The summed E-state index contributed by atoms with van der Waals surface area (Å²) in [5, 5.41) is 87.4. The minimum Gasteiger partial charge on any atom is -0.394 e. The highest BCUT2D eigenvalue weighted by molar-refractivity contribution is 5.76. The van der Waals surface area contributed by atoms with Gasteiger partial charge < -0.3 is 65.1 Å². The number of hydrogen-bond acceptors (Lipinski definition) is 13. The monoisotopic (exact) mass is 1070 g/mol. The molecule has 0 aromatic heterocycles. The third-order valence-corrected chi connectivity index (χ3v) is 16.1. The van der Waals surface area contributed by atoms with E-state index < -0.39 is 86.8 Å². The zero-order valence-corrected chi connectivity index (χ0v) is 48.1. The Labute approximate surface area is 457 Å². The summed E-state index contributed by atoms with van der Waals surface area (Å²) in [6.45, 7) is 2.91. The molecule has 2 fully saturated rings. The minimum atomic E-state index is -1.78. The summed E-state index contributed by atoms with van der Waals surface area (Å²) < 4.78 is 22.9. The molecule has 75 heavy (non-hydrogen) atoms. The van der Waals surface area contributed by atoms with Gasteiger partial charge in [-0.2, -0.15) is 0 Å². The predicted molar refractivity (Wildman–Crippen MR) is 300 cm³/mol. The Morgan fingerprint density at radius 3 is 1.13 bits per heavy atom. The molecule has 2 saturated heterocycles. The van der Waals surface area contributed by atoms with Gasteiger partial charge in [0.25, 0.3) is 0 Å². The molecule has 2 rings (SSSR count). The molecule has 12 unspecified atom stereocenters. The fourth-order valence-corrected chi connectivity index (χ4v) is 10.9. The highest BCUT2D eigenvalue weighted by Crippen LogP contribution is 2.30. The smallest absolute Gasteiger partial charge is 0.220 e. The molecule has 14 heteroatoms. The van der Waals surface area contributed by atoms with E-state index in [2.05, 4.69) is 19.2 Å². The molecular formula is C61H119NO13. The van der Waals surface area contributed by atoms with Crippen LogP contribution in [-0.2, 0) is 23.7 Å². The summed E-state index contributed by atoms with van der Waals surface area (Å²) >= 11 is 0. The molecule has 0 aromatic rings. The van der Waals surface area contributed by atoms with E-state index in [0.29, 0.717) is 12.8 Å². The molecule has 0 aliphatic carbocycles. The number of nitrogens with one attached hydrogen (secondary N) is 1. The van der Waals surface area contributed by atoms with Crippen LogP contribution in [0.2, 0.25) is 0 Å². The second kappa shape index (κ2) is 47.8. The number of unbranched alkanes of at least 4 members (excludes halogenated alkanes) is 39. The van der Waals surface area contributed by atoms with Gasteiger partial charge in [0, 0.05) is 6.42 Å². The van der Waals surface area contributed by atoms with Crippen LogP contribution in [0.5, 0.6) is 0 Å². The van der Waals surface area contributed by atoms with E-state index >= 15 is 0 Å². The Balaban J connectivity index is 1.71. The maximum Gasteiger partial charge on any atom is 0.220 e. The van der Waals surface area contributed by atoms with E-state index in [1.54, 1.807) is 0 Å². The van der Waals surface area contributed by atoms with Crippen molar-refractivity contribution in [1.29, 1.82) is 0 Å². The van der Waals surface area contributed by atoms with E-state index in [1.807, 2.05) is 0 Å². The molecule has 14 nitrogen and oxygen atoms in total. The maximum absolute atomic E-state index is 13.3. The lowest BCUT2D eigenvalue weighted by atomic mass is 9.97. The van der Waals surface area contributed by atoms with Crippen molar-refractivity contribution >= 4 is 5.91 Å². The molecule has 9 N–H and O–H groups in total. The molecule has 2 aliphatic rings. The SMILES string of the molecule is CCCCCCCCCCCCCCCCCCCCCCCCCC(=O)NC(COC1OC(CO)C(OC2OC(CO)C(O)C(O)C2O)C(O)C1O)C(O)CCCCCCCCCCCCCCCCCCCC. The summed E-state index contributed by atoms with van der Waals surface area (Å²) in [5.74, 6) is -0.199. The summed E-state index contributed by atoms with van der Waals surface area (Å²) in [6, 6.07) is -0.823. The molecule has 0 saturated carbocycles. The molecule has 0 aromatic carbocycles. The van der Waals surface area contributed by atoms with Crippen LogP contribution in [-0.4, -0.2) is 140 Å². The van der Waals surface area contributed by atoms with Crippen molar-refractivity contribution in [1.82, 2.24) is 5.32 Å². The van der Waals surface area contributed by atoms with E-state index in [4.69, 9.17) is 18.9 Å². The largest absolute Gasteiger partial charge is 0.394 e. The van der Waals surface area contributed by atoms with Crippen molar-refractivity contribution in [3.63, 3.8) is 0 Å². The predicted octanol–water partition coefficient (Wildman–Crippen LogP) is 11.3. The topological polar surface area (TPSA) is 228 Å². The second-order valence-corrected chi connectivity index (χ2v) is 22.9. The van der Waals surface area contributed by atoms with Gasteiger partial charge in [0.1, 0.15) is 48.8 Å². The standard InChI is InChI=1S/C61H119NO13/c1-3-5-7-9-11-13-15-17-19-21-23-24-25-26-27-29-31-33-35-37-39-41-43-45-53(66)62-49(50(65)44-42-40-38-36-34-32-30-28-22-20-18-16-14-12-10-8-6-4-2)48-72-60-58(71)56(69)59(52(47-64)74-60)75-61-57(70)55(68)54(67)51(46-63)73-61/h49-52,54-61,63-65,67-71H,3-48H2,1-2H3,(H,62,66). The van der Waals surface area contributed by atoms with Gasteiger partial charge in [-0.25, -0.2) is 0 Å². The molecular weight excluding hydrogens is 955 g/mol. The normalized spacial score (nSPS) is 24.9. The van der Waals surface area contributed by atoms with Crippen molar-refractivity contribution in [3.8, 4) is 0 Å². The molecule has 0 radical (unpaired) electrons. The van der Waals surface area contributed by atoms with Crippen LogP contribution >= 0.6 is 0 Å². The zero-order valence-electron chi connectivity index (χ0n) is 48.1. The molecule has 1 amide bonds. The third-order valence-electron chi connectivity index (χ3n) is 16.1. The number of rotatable bonds is 52. The average Bonchev–Trinajstić information content (AvgIpc) is 3.41. The van der Waals surface area contributed by atoms with E-state index in [1.165, 1.54) is 212 Å². The van der Waals surface area contributed by atoms with Crippen molar-refractivity contribution in [2.24, 2.45) is 0 Å². The fourth-order valence-electron chi connectivity index (χ4n) is 10.9. The molecule has 446 valence electrons. The van der Waals surface area contributed by atoms with Gasteiger partial charge >= 0.3 is 0 Å². The highest BCUT2D eigenvalue weighted by Gasteiger charge is 2.51. The van der Waals surface area contributed by atoms with Crippen molar-refractivity contribution < 1.29 is 64.6 Å². The quantitative estimate of drug-likeness (QED) is 0.0259. The first-order valence-electron chi connectivity index (χ1n) is 31.8. The van der Waals surface area contributed by atoms with Crippen LogP contribution in [0.3, 0.4) is 0 Å². The lowest BCUT2D eigenvalue weighted by molar-refractivity contribution is -0.359. The van der Waals surface area contributed by atoms with Gasteiger partial charge in [-0.1, -0.05) is 271 Å². The van der Waals surface area contributed by atoms with E-state index in [-0.39, 0.29) is 12.5 Å². The number of aliphatic hydroxyl groups excluding tert-OH is 8. The van der Waals surface area contributed by atoms with Gasteiger partial charge in [0.15, 0.2) is 12.6 Å². The lowest BCUT2D eigenvalue weighted by Gasteiger charge is -2.46. The summed E-state index contributed by atoms with van der Waals surface area (Å²) in [7, 11) is 0. The number of hydrogen-bond donors (Lipinski definition) is 9. The Bertz CT molecular complexity index is 1270. The maximum atomic E-state index is 13.3. The van der Waals surface area contributed by atoms with Gasteiger partial charge in [-0.05, 0) is 12.8 Å². The minimum absolute atomic E-state index is 0.199. The first-order valence-corrected chi connectivity index (χ1v) is 31.8. The molecule has 0 spiro atoms. The summed E-state index contributed by atoms with van der Waals surface area (Å²) in [6.07, 6.45) is 36.7. The van der Waals surface area contributed by atoms with E-state index in [9.17, 15) is 45.6 Å². The van der Waals surface area contributed by atoms with Crippen LogP contribution in [0.1, 0.15) is 290 Å². The Morgan fingerprint density at radius 2 is 0.760 bits per heavy atom. The average molecular weight is 1070 g/mol. The molecule has 2 aliphatic heterocycles. The van der Waals surface area contributed by atoms with Crippen LogP contribution < -0.4 is 5.32 Å². The molecule has 12 atom stereocenters. The van der Waals surface area contributed by atoms with Crippen LogP contribution in [0.4, 0.5) is 0 Å². The second-order valence-electron chi connectivity index (χ2n) is 22.9. The van der Waals surface area contributed by atoms with Crippen LogP contribution in [0.25, 0.3) is 0 Å². The van der Waals surface area contributed by atoms with E-state index in [0.717, 1.165) is 51.4 Å². The number of amides is 1. The fraction of sp³-hybridized carbons (Fsp3) is 0.984. The van der Waals surface area contributed by atoms with Gasteiger partial charge in [-0.15, -0.1) is 0 Å². The van der Waals surface area contributed by atoms with Crippen LogP contribution in [0.15, 0.2) is 0 Å². The van der Waals surface area contributed by atoms with Crippen molar-refractivity contribution in [2.45, 2.75) is 364 Å². The lowest BCUT2D eigenvalue weighted by Crippen LogP contribution is -2.65. The third kappa shape index (κ3) is 33.4. The van der Waals surface area contributed by atoms with Gasteiger partial charge in [-0.3, -0.25) is 4.79 Å². The summed E-state index contributed by atoms with van der Waals surface area (Å²) in [5.41, 5.74) is 0. The Kier molecular flexibility index (Phi) is 44.6. The summed E-state index contributed by atoms with van der Waals surface area (Å²) in [4.78, 5) is 13.3. The first-order chi connectivity index (χ1) is 36.6. The highest BCUT2D eigenvalue weighted by atomic mass is 16.7.